The zero-order chi connectivity index (χ0) is 18.4. The third-order valence-electron chi connectivity index (χ3n) is 7.02. The van der Waals surface area contributed by atoms with Crippen molar-refractivity contribution < 1.29 is 4.79 Å². The van der Waals surface area contributed by atoms with Crippen LogP contribution in [0.25, 0.3) is 0 Å². The molecule has 2 saturated carbocycles. The fourth-order valence-corrected chi connectivity index (χ4v) is 5.07. The summed E-state index contributed by atoms with van der Waals surface area (Å²) in [6.45, 7) is 3.91. The number of likely N-dealkylation sites (tertiary alicyclic amines) is 1. The first kappa shape index (κ1) is 17.0. The lowest BCUT2D eigenvalue weighted by molar-refractivity contribution is -0.135. The first-order valence-corrected chi connectivity index (χ1v) is 10.6. The molecule has 1 aromatic heterocycles. The quantitative estimate of drug-likeness (QED) is 0.810. The highest BCUT2D eigenvalue weighted by Gasteiger charge is 2.53. The molecule has 1 atom stereocenters. The van der Waals surface area contributed by atoms with Gasteiger partial charge in [-0.15, -0.1) is 0 Å². The number of hydrogen-bond acceptors (Lipinski definition) is 2. The van der Waals surface area contributed by atoms with Crippen LogP contribution in [0.4, 0.5) is 0 Å². The summed E-state index contributed by atoms with van der Waals surface area (Å²) >= 11 is 0. The van der Waals surface area contributed by atoms with Crippen molar-refractivity contribution in [3.63, 3.8) is 0 Å². The van der Waals surface area contributed by atoms with Crippen LogP contribution in [0.5, 0.6) is 0 Å². The smallest absolute Gasteiger partial charge is 0.233 e. The first-order valence-electron chi connectivity index (χ1n) is 10.6. The Labute approximate surface area is 161 Å². The maximum Gasteiger partial charge on any atom is 0.233 e. The molecule has 0 spiro atoms. The fraction of sp³-hybridized carbons (Fsp3) is 0.565. The number of piperidine rings is 1. The largest absolute Gasteiger partial charge is 0.340 e. The Morgan fingerprint density at radius 2 is 1.89 bits per heavy atom. The van der Waals surface area contributed by atoms with Gasteiger partial charge in [-0.3, -0.25) is 4.79 Å². The molecule has 5 rings (SSSR count). The van der Waals surface area contributed by atoms with Crippen LogP contribution in [-0.2, 0) is 10.2 Å². The Morgan fingerprint density at radius 3 is 2.56 bits per heavy atom. The van der Waals surface area contributed by atoms with Gasteiger partial charge in [0.1, 0.15) is 5.82 Å². The molecule has 3 aliphatic rings. The summed E-state index contributed by atoms with van der Waals surface area (Å²) in [6.07, 6.45) is 10.1. The summed E-state index contributed by atoms with van der Waals surface area (Å²) < 4.78 is 2.46. The van der Waals surface area contributed by atoms with E-state index in [2.05, 4.69) is 40.7 Å². The Kier molecular flexibility index (Phi) is 4.10. The van der Waals surface area contributed by atoms with E-state index < -0.39 is 0 Å². The predicted molar refractivity (Wildman–Crippen MR) is 106 cm³/mol. The number of aryl methyl sites for hydroxylation is 1. The molecule has 0 N–H and O–H groups in total. The molecule has 4 nitrogen and oxygen atoms in total. The minimum atomic E-state index is -0.246. The van der Waals surface area contributed by atoms with Gasteiger partial charge in [0.25, 0.3) is 0 Å². The van der Waals surface area contributed by atoms with E-state index in [4.69, 9.17) is 4.98 Å². The lowest BCUT2D eigenvalue weighted by atomic mass is 9.84. The van der Waals surface area contributed by atoms with E-state index in [-0.39, 0.29) is 5.41 Å². The van der Waals surface area contributed by atoms with Crippen molar-refractivity contribution in [2.75, 3.05) is 13.1 Å². The van der Waals surface area contributed by atoms with Gasteiger partial charge in [0.15, 0.2) is 0 Å². The summed E-state index contributed by atoms with van der Waals surface area (Å²) in [6, 6.07) is 10.8. The molecular weight excluding hydrogens is 334 g/mol. The number of nitrogens with zero attached hydrogens (tertiary/aromatic N) is 3. The SMILES string of the molecule is Cc1cnc(C2CCC2)n1C1CCCN(C(=O)C2(c3ccccc3)CC2)C1. The number of rotatable bonds is 4. The molecule has 142 valence electrons. The average molecular weight is 364 g/mol. The van der Waals surface area contributed by atoms with Crippen LogP contribution in [0.3, 0.4) is 0 Å². The molecule has 1 aliphatic heterocycles. The van der Waals surface area contributed by atoms with E-state index in [9.17, 15) is 4.79 Å². The number of hydrogen-bond donors (Lipinski definition) is 0. The molecule has 4 heteroatoms. The van der Waals surface area contributed by atoms with E-state index in [0.29, 0.717) is 17.9 Å². The zero-order valence-electron chi connectivity index (χ0n) is 16.2. The van der Waals surface area contributed by atoms with Crippen molar-refractivity contribution in [3.8, 4) is 0 Å². The van der Waals surface area contributed by atoms with E-state index in [1.165, 1.54) is 36.3 Å². The summed E-state index contributed by atoms with van der Waals surface area (Å²) in [7, 11) is 0. The van der Waals surface area contributed by atoms with E-state index in [0.717, 1.165) is 38.8 Å². The molecule has 1 amide bonds. The van der Waals surface area contributed by atoms with Gasteiger partial charge in [-0.2, -0.15) is 0 Å². The van der Waals surface area contributed by atoms with Crippen LogP contribution in [-0.4, -0.2) is 33.4 Å². The number of benzene rings is 1. The standard InChI is InChI=1S/C23H29N3O/c1-17-15-24-21(18-7-5-8-18)26(17)20-11-6-14-25(16-20)22(27)23(12-13-23)19-9-3-2-4-10-19/h2-4,9-10,15,18,20H,5-8,11-14,16H2,1H3. The Bertz CT molecular complexity index is 833. The van der Waals surface area contributed by atoms with Crippen molar-refractivity contribution in [1.82, 2.24) is 14.5 Å². The van der Waals surface area contributed by atoms with Crippen LogP contribution in [0, 0.1) is 6.92 Å². The second kappa shape index (κ2) is 6.50. The number of imidazole rings is 1. The molecule has 1 aromatic carbocycles. The van der Waals surface area contributed by atoms with Gasteiger partial charge in [-0.25, -0.2) is 4.98 Å². The highest BCUT2D eigenvalue weighted by Crippen LogP contribution is 2.50. The number of amides is 1. The van der Waals surface area contributed by atoms with Gasteiger partial charge in [-0.05, 0) is 51.0 Å². The number of carbonyl (C=O) groups excluding carboxylic acids is 1. The fourth-order valence-electron chi connectivity index (χ4n) is 5.07. The molecule has 0 bridgehead atoms. The minimum Gasteiger partial charge on any atom is -0.340 e. The van der Waals surface area contributed by atoms with Gasteiger partial charge in [0.2, 0.25) is 5.91 Å². The molecule has 27 heavy (non-hydrogen) atoms. The molecular formula is C23H29N3O. The van der Waals surface area contributed by atoms with Crippen molar-refractivity contribution in [2.45, 2.75) is 69.2 Å². The molecule has 0 radical (unpaired) electrons. The molecule has 1 unspecified atom stereocenters. The van der Waals surface area contributed by atoms with Gasteiger partial charge in [0, 0.05) is 30.9 Å². The number of carbonyl (C=O) groups is 1. The Hall–Kier alpha value is -2.10. The van der Waals surface area contributed by atoms with Gasteiger partial charge in [-0.1, -0.05) is 36.8 Å². The first-order chi connectivity index (χ1) is 13.2. The highest BCUT2D eigenvalue weighted by molar-refractivity contribution is 5.91. The molecule has 2 aliphatic carbocycles. The summed E-state index contributed by atoms with van der Waals surface area (Å²) in [5.74, 6) is 2.24. The van der Waals surface area contributed by atoms with Crippen LogP contribution < -0.4 is 0 Å². The van der Waals surface area contributed by atoms with Crippen molar-refractivity contribution in [2.24, 2.45) is 0 Å². The van der Waals surface area contributed by atoms with Crippen molar-refractivity contribution >= 4 is 5.91 Å². The topological polar surface area (TPSA) is 38.1 Å². The van der Waals surface area contributed by atoms with Crippen LogP contribution in [0.15, 0.2) is 36.5 Å². The lowest BCUT2D eigenvalue weighted by Gasteiger charge is -2.38. The van der Waals surface area contributed by atoms with Gasteiger partial charge < -0.3 is 9.47 Å². The summed E-state index contributed by atoms with van der Waals surface area (Å²) in [5, 5.41) is 0. The molecule has 1 saturated heterocycles. The maximum atomic E-state index is 13.5. The second-order valence-corrected chi connectivity index (χ2v) is 8.75. The molecule has 2 heterocycles. The lowest BCUT2D eigenvalue weighted by Crippen LogP contribution is -2.46. The summed E-state index contributed by atoms with van der Waals surface area (Å²) in [4.78, 5) is 20.4. The molecule has 3 fully saturated rings. The summed E-state index contributed by atoms with van der Waals surface area (Å²) in [5.41, 5.74) is 2.20. The predicted octanol–water partition coefficient (Wildman–Crippen LogP) is 4.35. The van der Waals surface area contributed by atoms with Gasteiger partial charge >= 0.3 is 0 Å². The zero-order valence-corrected chi connectivity index (χ0v) is 16.2. The third-order valence-corrected chi connectivity index (χ3v) is 7.02. The minimum absolute atomic E-state index is 0.246. The maximum absolute atomic E-state index is 13.5. The van der Waals surface area contributed by atoms with Gasteiger partial charge in [0.05, 0.1) is 11.5 Å². The average Bonchev–Trinajstić information content (AvgIpc) is 3.39. The Morgan fingerprint density at radius 1 is 1.11 bits per heavy atom. The molecule has 2 aromatic rings. The second-order valence-electron chi connectivity index (χ2n) is 8.75. The van der Waals surface area contributed by atoms with Crippen molar-refractivity contribution in [3.05, 3.63) is 53.6 Å². The van der Waals surface area contributed by atoms with E-state index in [1.807, 2.05) is 12.3 Å². The number of aromatic nitrogens is 2. The van der Waals surface area contributed by atoms with Crippen LogP contribution >= 0.6 is 0 Å². The third kappa shape index (κ3) is 2.81. The Balaban J connectivity index is 1.38. The van der Waals surface area contributed by atoms with Crippen molar-refractivity contribution in [1.29, 1.82) is 0 Å². The van der Waals surface area contributed by atoms with E-state index >= 15 is 0 Å². The van der Waals surface area contributed by atoms with Crippen LogP contribution in [0.1, 0.15) is 74.0 Å². The highest BCUT2D eigenvalue weighted by atomic mass is 16.2. The monoisotopic (exact) mass is 363 g/mol. The van der Waals surface area contributed by atoms with Crippen LogP contribution in [0.2, 0.25) is 0 Å². The normalized spacial score (nSPS) is 24.5. The van der Waals surface area contributed by atoms with E-state index in [1.54, 1.807) is 0 Å².